The van der Waals surface area contributed by atoms with Crippen LogP contribution in [0, 0.1) is 0 Å². The van der Waals surface area contributed by atoms with Crippen molar-refractivity contribution in [2.45, 2.75) is 57.1 Å². The first-order valence-electron chi connectivity index (χ1n) is 21.6. The van der Waals surface area contributed by atoms with Crippen molar-refractivity contribution in [3.05, 3.63) is 215 Å². The van der Waals surface area contributed by atoms with E-state index in [0.717, 1.165) is 19.3 Å². The summed E-state index contributed by atoms with van der Waals surface area (Å²) >= 11 is 3.84. The summed E-state index contributed by atoms with van der Waals surface area (Å²) in [5.41, 5.74) is 17.6. The van der Waals surface area contributed by atoms with Crippen LogP contribution in [0.25, 0.3) is 34.1 Å². The Kier molecular flexibility index (Phi) is 8.11. The van der Waals surface area contributed by atoms with Gasteiger partial charge in [0.15, 0.2) is 0 Å². The molecular weight excluding hydrogens is 777 g/mol. The van der Waals surface area contributed by atoms with Crippen molar-refractivity contribution in [3.8, 4) is 11.1 Å². The molecule has 292 valence electrons. The van der Waals surface area contributed by atoms with Crippen LogP contribution >= 0.6 is 23.5 Å². The normalized spacial score (nSPS) is 21.4. The molecule has 0 N–H and O–H groups in total. The van der Waals surface area contributed by atoms with Crippen LogP contribution in [0.15, 0.2) is 208 Å². The molecule has 3 atom stereocenters. The SMILES string of the molecule is C1=CC2Sc3ccccc3N(c3ccc4c(c3)C3(CC5=C(CCC=C5)C3)c3cc(/C=C/c5ccc6cc(N7c8ccccc8Sc8ccccc87)ccc6c5)ccc3-4)C2C=C1. The second-order valence-corrected chi connectivity index (χ2v) is 19.5. The number of anilines is 5. The zero-order valence-electron chi connectivity index (χ0n) is 33.7. The fraction of sp³-hybridized carbons (Fsp3) is 0.123. The highest BCUT2D eigenvalue weighted by Gasteiger charge is 2.48. The van der Waals surface area contributed by atoms with Crippen molar-refractivity contribution in [3.63, 3.8) is 0 Å². The summed E-state index contributed by atoms with van der Waals surface area (Å²) in [4.78, 5) is 8.94. The van der Waals surface area contributed by atoms with Crippen LogP contribution in [0.3, 0.4) is 0 Å². The van der Waals surface area contributed by atoms with E-state index in [9.17, 15) is 0 Å². The fourth-order valence-electron chi connectivity index (χ4n) is 11.0. The summed E-state index contributed by atoms with van der Waals surface area (Å²) in [6, 6.07) is 55.1. The van der Waals surface area contributed by atoms with Gasteiger partial charge in [0.1, 0.15) is 0 Å². The Bertz CT molecular complexity index is 3100. The smallest absolute Gasteiger partial charge is 0.0683 e. The van der Waals surface area contributed by atoms with Gasteiger partial charge in [0.05, 0.1) is 28.4 Å². The molecule has 0 fully saturated rings. The van der Waals surface area contributed by atoms with E-state index in [4.69, 9.17) is 0 Å². The number of fused-ring (bicyclic) bond motifs is 10. The first kappa shape index (κ1) is 35.5. The Morgan fingerprint density at radius 3 is 2.05 bits per heavy atom. The lowest BCUT2D eigenvalue weighted by atomic mass is 9.74. The summed E-state index contributed by atoms with van der Waals surface area (Å²) in [6.07, 6.45) is 23.2. The number of benzene rings is 7. The average molecular weight is 819 g/mol. The summed E-state index contributed by atoms with van der Waals surface area (Å²) < 4.78 is 0. The molecule has 4 heteroatoms. The molecule has 13 rings (SSSR count). The van der Waals surface area contributed by atoms with E-state index in [2.05, 4.69) is 204 Å². The van der Waals surface area contributed by atoms with Crippen molar-refractivity contribution in [1.29, 1.82) is 0 Å². The van der Waals surface area contributed by atoms with Crippen LogP contribution in [0.2, 0.25) is 0 Å². The van der Waals surface area contributed by atoms with Gasteiger partial charge in [-0.3, -0.25) is 0 Å². The van der Waals surface area contributed by atoms with Gasteiger partial charge in [-0.1, -0.05) is 145 Å². The quantitative estimate of drug-likeness (QED) is 0.163. The molecule has 7 aromatic carbocycles. The van der Waals surface area contributed by atoms with Gasteiger partial charge in [-0.05, 0) is 142 Å². The van der Waals surface area contributed by atoms with E-state index >= 15 is 0 Å². The molecule has 0 radical (unpaired) electrons. The first-order valence-corrected chi connectivity index (χ1v) is 23.3. The molecule has 6 aliphatic rings. The second kappa shape index (κ2) is 13.9. The monoisotopic (exact) mass is 818 g/mol. The van der Waals surface area contributed by atoms with Crippen molar-refractivity contribution in [2.24, 2.45) is 0 Å². The standard InChI is InChI=1S/C57H42N2S2/c1-2-12-42-36-57(35-41(42)11-1)47-32-38(24-29-45(47)46-30-28-44(34-48(46)57)59-51-15-5-9-19-55(51)61-56-20-10-6-16-52(56)59)22-21-37-23-25-40-33-43(27-26-39(40)31-37)58-49-13-3-7-17-53(49)60-54-18-8-4-14-50(54)58/h1,3-11,13-34,51,55H,2,12,35-36H2/b22-21+. The molecule has 0 saturated heterocycles. The van der Waals surface area contributed by atoms with Crippen LogP contribution < -0.4 is 9.80 Å². The largest absolute Gasteiger partial charge is 0.332 e. The average Bonchev–Trinajstić information content (AvgIpc) is 3.83. The van der Waals surface area contributed by atoms with Gasteiger partial charge >= 0.3 is 0 Å². The van der Waals surface area contributed by atoms with Gasteiger partial charge in [-0.2, -0.15) is 0 Å². The Hall–Kier alpha value is -6.20. The number of allylic oxidation sites excluding steroid dienone is 6. The minimum Gasteiger partial charge on any atom is -0.332 e. The predicted octanol–water partition coefficient (Wildman–Crippen LogP) is 15.8. The van der Waals surface area contributed by atoms with E-state index in [1.165, 1.54) is 93.7 Å². The summed E-state index contributed by atoms with van der Waals surface area (Å²) in [6.45, 7) is 0. The number of nitrogens with zero attached hydrogens (tertiary/aromatic N) is 2. The maximum Gasteiger partial charge on any atom is 0.0683 e. The predicted molar refractivity (Wildman–Crippen MR) is 259 cm³/mol. The minimum absolute atomic E-state index is 0.0651. The molecule has 0 bridgehead atoms. The van der Waals surface area contributed by atoms with Crippen molar-refractivity contribution < 1.29 is 0 Å². The molecule has 3 unspecified atom stereocenters. The lowest BCUT2D eigenvalue weighted by Gasteiger charge is -2.42. The molecule has 1 spiro atoms. The van der Waals surface area contributed by atoms with Gasteiger partial charge < -0.3 is 9.80 Å². The lowest BCUT2D eigenvalue weighted by molar-refractivity contribution is 0.556. The van der Waals surface area contributed by atoms with E-state index < -0.39 is 0 Å². The minimum atomic E-state index is -0.0651. The second-order valence-electron chi connectivity index (χ2n) is 17.2. The van der Waals surface area contributed by atoms with Gasteiger partial charge in [0.25, 0.3) is 0 Å². The maximum absolute atomic E-state index is 2.61. The maximum atomic E-state index is 2.61. The van der Waals surface area contributed by atoms with Crippen LogP contribution in [0.4, 0.5) is 28.4 Å². The molecule has 7 aromatic rings. The van der Waals surface area contributed by atoms with Gasteiger partial charge in [-0.15, -0.1) is 11.8 Å². The number of para-hydroxylation sites is 3. The highest BCUT2D eigenvalue weighted by Crippen LogP contribution is 2.61. The van der Waals surface area contributed by atoms with Crippen LogP contribution in [-0.4, -0.2) is 11.3 Å². The van der Waals surface area contributed by atoms with Crippen LogP contribution in [0.5, 0.6) is 0 Å². The van der Waals surface area contributed by atoms with E-state index in [1.807, 2.05) is 23.5 Å². The Balaban J connectivity index is 0.847. The zero-order chi connectivity index (χ0) is 40.1. The molecule has 0 aromatic heterocycles. The molecular formula is C57H42N2S2. The Morgan fingerprint density at radius 2 is 1.23 bits per heavy atom. The number of rotatable bonds is 4. The van der Waals surface area contributed by atoms with Gasteiger partial charge in [-0.25, -0.2) is 0 Å². The zero-order valence-corrected chi connectivity index (χ0v) is 35.3. The molecule has 2 heterocycles. The molecule has 2 nitrogen and oxygen atoms in total. The Morgan fingerprint density at radius 1 is 0.574 bits per heavy atom. The number of thioether (sulfide) groups is 1. The van der Waals surface area contributed by atoms with Crippen molar-refractivity contribution >= 4 is 74.9 Å². The highest BCUT2D eigenvalue weighted by atomic mass is 32.2. The third-order valence-electron chi connectivity index (χ3n) is 13.8. The van der Waals surface area contributed by atoms with E-state index in [0.29, 0.717) is 5.25 Å². The molecule has 0 amide bonds. The molecule has 2 aliphatic heterocycles. The van der Waals surface area contributed by atoms with E-state index in [1.54, 1.807) is 11.1 Å². The van der Waals surface area contributed by atoms with Crippen molar-refractivity contribution in [1.82, 2.24) is 0 Å². The highest BCUT2D eigenvalue weighted by molar-refractivity contribution is 8.00. The van der Waals surface area contributed by atoms with Crippen molar-refractivity contribution in [2.75, 3.05) is 9.80 Å². The summed E-state index contributed by atoms with van der Waals surface area (Å²) in [5.74, 6) is 0. The van der Waals surface area contributed by atoms with E-state index in [-0.39, 0.29) is 11.5 Å². The number of hydrogen-bond acceptors (Lipinski definition) is 4. The third kappa shape index (κ3) is 5.65. The number of hydrogen-bond donors (Lipinski definition) is 0. The molecule has 4 aliphatic carbocycles. The summed E-state index contributed by atoms with van der Waals surface area (Å²) in [5, 5.41) is 2.87. The lowest BCUT2D eigenvalue weighted by Crippen LogP contribution is -2.41. The summed E-state index contributed by atoms with van der Waals surface area (Å²) in [7, 11) is 0. The van der Waals surface area contributed by atoms with Crippen LogP contribution in [0.1, 0.15) is 47.9 Å². The van der Waals surface area contributed by atoms with Crippen LogP contribution in [-0.2, 0) is 5.41 Å². The third-order valence-corrected chi connectivity index (χ3v) is 16.2. The van der Waals surface area contributed by atoms with Gasteiger partial charge in [0, 0.05) is 31.5 Å². The first-order chi connectivity index (χ1) is 30.2. The topological polar surface area (TPSA) is 6.48 Å². The molecule has 0 saturated carbocycles. The molecule has 61 heavy (non-hydrogen) atoms. The Labute approximate surface area is 366 Å². The fourth-order valence-corrected chi connectivity index (χ4v) is 13.3. The van der Waals surface area contributed by atoms with Gasteiger partial charge in [0.2, 0.25) is 0 Å².